The van der Waals surface area contributed by atoms with Crippen LogP contribution in [0.2, 0.25) is 0 Å². The minimum atomic E-state index is -0.368. The van der Waals surface area contributed by atoms with Crippen molar-refractivity contribution in [3.05, 3.63) is 24.3 Å². The Hall–Kier alpha value is -1.62. The van der Waals surface area contributed by atoms with Gasteiger partial charge in [0.1, 0.15) is 12.7 Å². The predicted octanol–water partition coefficient (Wildman–Crippen LogP) is 1.69. The number of esters is 2. The molecule has 0 N–H and O–H groups in total. The SMILES string of the molecule is C=C(C)C(=O)OCCN1CCCC(OC(=O)C(=C)C)C1. The number of hydrogen-bond donors (Lipinski definition) is 0. The van der Waals surface area contributed by atoms with Crippen molar-refractivity contribution in [3.8, 4) is 0 Å². The standard InChI is InChI=1S/C15H23NO4/c1-11(2)14(17)19-9-8-16-7-5-6-13(10-16)20-15(18)12(3)4/h13H,1,3,5-10H2,2,4H3. The van der Waals surface area contributed by atoms with Crippen LogP contribution in [0.5, 0.6) is 0 Å². The molecule has 20 heavy (non-hydrogen) atoms. The molecule has 0 saturated carbocycles. The normalized spacial score (nSPS) is 19.2. The second kappa shape index (κ2) is 7.85. The van der Waals surface area contributed by atoms with Gasteiger partial charge in [-0.15, -0.1) is 0 Å². The third-order valence-electron chi connectivity index (χ3n) is 3.07. The molecule has 1 fully saturated rings. The van der Waals surface area contributed by atoms with E-state index in [1.807, 2.05) is 0 Å². The molecule has 0 spiro atoms. The molecule has 0 aromatic rings. The molecular formula is C15H23NO4. The van der Waals surface area contributed by atoms with Gasteiger partial charge in [-0.3, -0.25) is 4.90 Å². The van der Waals surface area contributed by atoms with Gasteiger partial charge < -0.3 is 9.47 Å². The summed E-state index contributed by atoms with van der Waals surface area (Å²) in [4.78, 5) is 24.9. The molecule has 1 rings (SSSR count). The van der Waals surface area contributed by atoms with E-state index in [0.717, 1.165) is 19.4 Å². The lowest BCUT2D eigenvalue weighted by Crippen LogP contribution is -2.42. The average molecular weight is 281 g/mol. The van der Waals surface area contributed by atoms with Gasteiger partial charge in [0.2, 0.25) is 0 Å². The zero-order chi connectivity index (χ0) is 15.1. The maximum atomic E-state index is 11.5. The maximum absolute atomic E-state index is 11.5. The first-order valence-electron chi connectivity index (χ1n) is 6.81. The molecule has 0 aromatic heterocycles. The third kappa shape index (κ3) is 5.57. The van der Waals surface area contributed by atoms with Gasteiger partial charge >= 0.3 is 11.9 Å². The zero-order valence-corrected chi connectivity index (χ0v) is 12.3. The van der Waals surface area contributed by atoms with Crippen LogP contribution in [0.15, 0.2) is 24.3 Å². The van der Waals surface area contributed by atoms with E-state index < -0.39 is 0 Å². The van der Waals surface area contributed by atoms with E-state index in [1.54, 1.807) is 13.8 Å². The summed E-state index contributed by atoms with van der Waals surface area (Å²) in [5, 5.41) is 0. The van der Waals surface area contributed by atoms with E-state index in [4.69, 9.17) is 9.47 Å². The molecule has 0 bridgehead atoms. The fourth-order valence-electron chi connectivity index (χ4n) is 1.96. The van der Waals surface area contributed by atoms with E-state index in [1.165, 1.54) is 0 Å². The largest absolute Gasteiger partial charge is 0.461 e. The lowest BCUT2D eigenvalue weighted by atomic mass is 10.1. The van der Waals surface area contributed by atoms with Crippen LogP contribution in [0.1, 0.15) is 26.7 Å². The molecule has 1 heterocycles. The highest BCUT2D eigenvalue weighted by molar-refractivity contribution is 5.87. The van der Waals surface area contributed by atoms with Crippen LogP contribution in [-0.2, 0) is 19.1 Å². The Bertz CT molecular complexity index is 403. The van der Waals surface area contributed by atoms with Gasteiger partial charge in [0.15, 0.2) is 0 Å². The van der Waals surface area contributed by atoms with E-state index in [9.17, 15) is 9.59 Å². The Kier molecular flexibility index (Phi) is 6.45. The number of piperidine rings is 1. The fraction of sp³-hybridized carbons (Fsp3) is 0.600. The van der Waals surface area contributed by atoms with Crippen molar-refractivity contribution >= 4 is 11.9 Å². The predicted molar refractivity (Wildman–Crippen MR) is 76.1 cm³/mol. The summed E-state index contributed by atoms with van der Waals surface area (Å²) >= 11 is 0. The lowest BCUT2D eigenvalue weighted by molar-refractivity contribution is -0.147. The zero-order valence-electron chi connectivity index (χ0n) is 12.3. The first-order valence-corrected chi connectivity index (χ1v) is 6.81. The summed E-state index contributed by atoms with van der Waals surface area (Å²) in [6, 6.07) is 0. The monoisotopic (exact) mass is 281 g/mol. The molecule has 0 radical (unpaired) electrons. The van der Waals surface area contributed by atoms with Crippen LogP contribution in [0.25, 0.3) is 0 Å². The van der Waals surface area contributed by atoms with Crippen molar-refractivity contribution < 1.29 is 19.1 Å². The van der Waals surface area contributed by atoms with E-state index in [0.29, 0.717) is 30.8 Å². The molecular weight excluding hydrogens is 258 g/mol. The minimum Gasteiger partial charge on any atom is -0.461 e. The van der Waals surface area contributed by atoms with Gasteiger partial charge in [0.05, 0.1) is 0 Å². The Morgan fingerprint density at radius 3 is 2.45 bits per heavy atom. The number of carbonyl (C=O) groups is 2. The first-order chi connectivity index (χ1) is 9.40. The van der Waals surface area contributed by atoms with E-state index in [-0.39, 0.29) is 18.0 Å². The van der Waals surface area contributed by atoms with Crippen molar-refractivity contribution in [2.75, 3.05) is 26.2 Å². The molecule has 112 valence electrons. The van der Waals surface area contributed by atoms with Crippen molar-refractivity contribution in [2.24, 2.45) is 0 Å². The van der Waals surface area contributed by atoms with Crippen LogP contribution < -0.4 is 0 Å². The van der Waals surface area contributed by atoms with Gasteiger partial charge in [0.25, 0.3) is 0 Å². The molecule has 1 aliphatic heterocycles. The Balaban J connectivity index is 2.30. The summed E-state index contributed by atoms with van der Waals surface area (Å²) in [7, 11) is 0. The number of carbonyl (C=O) groups excluding carboxylic acids is 2. The number of hydrogen-bond acceptors (Lipinski definition) is 5. The van der Waals surface area contributed by atoms with Crippen LogP contribution >= 0.6 is 0 Å². The minimum absolute atomic E-state index is 0.107. The van der Waals surface area contributed by atoms with E-state index in [2.05, 4.69) is 18.1 Å². The van der Waals surface area contributed by atoms with Gasteiger partial charge in [-0.05, 0) is 33.2 Å². The molecule has 1 unspecified atom stereocenters. The number of ether oxygens (including phenoxy) is 2. The number of nitrogens with zero attached hydrogens (tertiary/aromatic N) is 1. The van der Waals surface area contributed by atoms with Gasteiger partial charge in [-0.2, -0.15) is 0 Å². The Morgan fingerprint density at radius 2 is 1.85 bits per heavy atom. The molecule has 5 nitrogen and oxygen atoms in total. The summed E-state index contributed by atoms with van der Waals surface area (Å²) in [5.41, 5.74) is 0.814. The van der Waals surface area contributed by atoms with E-state index >= 15 is 0 Å². The fourth-order valence-corrected chi connectivity index (χ4v) is 1.96. The lowest BCUT2D eigenvalue weighted by Gasteiger charge is -2.32. The van der Waals surface area contributed by atoms with Crippen LogP contribution in [0.3, 0.4) is 0 Å². The quantitative estimate of drug-likeness (QED) is 0.548. The van der Waals surface area contributed by atoms with Crippen molar-refractivity contribution in [1.29, 1.82) is 0 Å². The number of rotatable bonds is 6. The summed E-state index contributed by atoms with van der Waals surface area (Å²) in [6.45, 7) is 12.9. The van der Waals surface area contributed by atoms with Crippen molar-refractivity contribution in [1.82, 2.24) is 4.90 Å². The second-order valence-electron chi connectivity index (χ2n) is 5.17. The smallest absolute Gasteiger partial charge is 0.333 e. The summed E-state index contributed by atoms with van der Waals surface area (Å²) < 4.78 is 10.4. The Morgan fingerprint density at radius 1 is 1.20 bits per heavy atom. The van der Waals surface area contributed by atoms with Crippen LogP contribution in [-0.4, -0.2) is 49.2 Å². The molecule has 0 aliphatic carbocycles. The highest BCUT2D eigenvalue weighted by Crippen LogP contribution is 2.14. The maximum Gasteiger partial charge on any atom is 0.333 e. The molecule has 0 amide bonds. The van der Waals surface area contributed by atoms with Crippen LogP contribution in [0.4, 0.5) is 0 Å². The highest BCUT2D eigenvalue weighted by atomic mass is 16.5. The molecule has 5 heteroatoms. The van der Waals surface area contributed by atoms with Gasteiger partial charge in [-0.1, -0.05) is 13.2 Å². The van der Waals surface area contributed by atoms with Gasteiger partial charge in [-0.25, -0.2) is 9.59 Å². The highest BCUT2D eigenvalue weighted by Gasteiger charge is 2.23. The molecule has 1 saturated heterocycles. The first kappa shape index (κ1) is 16.4. The molecule has 1 aliphatic rings. The number of likely N-dealkylation sites (tertiary alicyclic amines) is 1. The third-order valence-corrected chi connectivity index (χ3v) is 3.07. The van der Waals surface area contributed by atoms with Crippen molar-refractivity contribution in [2.45, 2.75) is 32.8 Å². The van der Waals surface area contributed by atoms with Crippen molar-refractivity contribution in [3.63, 3.8) is 0 Å². The van der Waals surface area contributed by atoms with Gasteiger partial charge in [0, 0.05) is 24.2 Å². The summed E-state index contributed by atoms with van der Waals surface area (Å²) in [6.07, 6.45) is 1.72. The molecule has 0 aromatic carbocycles. The second-order valence-corrected chi connectivity index (χ2v) is 5.17. The van der Waals surface area contributed by atoms with Crippen LogP contribution in [0, 0.1) is 0 Å². The topological polar surface area (TPSA) is 55.8 Å². The Labute approximate surface area is 120 Å². The summed E-state index contributed by atoms with van der Waals surface area (Å²) in [5.74, 6) is -0.710. The molecule has 1 atom stereocenters. The average Bonchev–Trinajstić information content (AvgIpc) is 2.38.